The predicted octanol–water partition coefficient (Wildman–Crippen LogP) is 1.96. The van der Waals surface area contributed by atoms with Gasteiger partial charge in [0.1, 0.15) is 11.6 Å². The van der Waals surface area contributed by atoms with Crippen LogP contribution < -0.4 is 14.6 Å². The van der Waals surface area contributed by atoms with Crippen molar-refractivity contribution in [2.75, 3.05) is 11.8 Å². The van der Waals surface area contributed by atoms with E-state index >= 15 is 0 Å². The van der Waals surface area contributed by atoms with Crippen molar-refractivity contribution in [3.05, 3.63) is 52.3 Å². The molecule has 9 heteroatoms. The van der Waals surface area contributed by atoms with Gasteiger partial charge in [0.05, 0.1) is 23.7 Å². The minimum Gasteiger partial charge on any atom is -0.545 e. The molecule has 0 atom stereocenters. The number of carboxylic acid groups (broad SMARTS) is 1. The number of hydrogen-bond acceptors (Lipinski definition) is 5. The summed E-state index contributed by atoms with van der Waals surface area (Å²) in [5, 5.41) is 11.2. The van der Waals surface area contributed by atoms with Crippen LogP contribution in [0, 0.1) is 12.7 Å². The molecule has 6 nitrogen and oxygen atoms in total. The molecule has 0 unspecified atom stereocenters. The lowest BCUT2D eigenvalue weighted by atomic mass is 10.2. The number of carboxylic acids is 1. The normalized spacial score (nSPS) is 11.2. The van der Waals surface area contributed by atoms with E-state index in [2.05, 4.69) is 4.72 Å². The van der Waals surface area contributed by atoms with Gasteiger partial charge in [0.25, 0.3) is 10.0 Å². The third kappa shape index (κ3) is 3.60. The second-order valence-corrected chi connectivity index (χ2v) is 6.93. The lowest BCUT2D eigenvalue weighted by molar-refractivity contribution is -0.255. The molecule has 0 heterocycles. The van der Waals surface area contributed by atoms with E-state index in [4.69, 9.17) is 16.3 Å². The van der Waals surface area contributed by atoms with Gasteiger partial charge in [-0.25, -0.2) is 12.8 Å². The van der Waals surface area contributed by atoms with Crippen LogP contribution in [-0.2, 0) is 10.0 Å². The van der Waals surface area contributed by atoms with Gasteiger partial charge in [-0.2, -0.15) is 0 Å². The number of rotatable bonds is 5. The minimum atomic E-state index is -4.18. The number of sulfonamides is 1. The maximum absolute atomic E-state index is 13.4. The molecule has 2 aromatic rings. The molecule has 1 N–H and O–H groups in total. The molecule has 0 aliphatic carbocycles. The molecule has 0 aliphatic heterocycles. The average molecular weight is 373 g/mol. The van der Waals surface area contributed by atoms with E-state index in [1.807, 2.05) is 0 Å². The molecule has 0 saturated carbocycles. The molecule has 0 spiro atoms. The Kier molecular flexibility index (Phi) is 5.00. The maximum Gasteiger partial charge on any atom is 0.262 e. The van der Waals surface area contributed by atoms with Crippen LogP contribution in [0.2, 0.25) is 5.02 Å². The molecule has 0 bridgehead atoms. The highest BCUT2D eigenvalue weighted by atomic mass is 35.5. The fourth-order valence-electron chi connectivity index (χ4n) is 1.94. The predicted molar refractivity (Wildman–Crippen MR) is 84.3 cm³/mol. The van der Waals surface area contributed by atoms with Crippen LogP contribution in [0.4, 0.5) is 10.1 Å². The first kappa shape index (κ1) is 18.0. The lowest BCUT2D eigenvalue weighted by Gasteiger charge is -2.14. The molecule has 0 saturated heterocycles. The summed E-state index contributed by atoms with van der Waals surface area (Å²) >= 11 is 5.95. The number of hydrogen-bond donors (Lipinski definition) is 1. The van der Waals surface area contributed by atoms with Gasteiger partial charge in [-0.3, -0.25) is 4.72 Å². The van der Waals surface area contributed by atoms with E-state index in [0.717, 1.165) is 12.1 Å². The number of benzene rings is 2. The number of carbonyl (C=O) groups excluding carboxylic acids is 1. The first-order valence-electron chi connectivity index (χ1n) is 6.53. The smallest absolute Gasteiger partial charge is 0.262 e. The van der Waals surface area contributed by atoms with E-state index in [-0.39, 0.29) is 11.4 Å². The minimum absolute atomic E-state index is 0.110. The SMILES string of the molecule is COc1cc(Cl)c(C)cc1NS(=O)(=O)c1ccc(F)c(C(=O)[O-])c1. The Balaban J connectivity index is 2.48. The highest BCUT2D eigenvalue weighted by molar-refractivity contribution is 7.92. The monoisotopic (exact) mass is 372 g/mol. The van der Waals surface area contributed by atoms with Gasteiger partial charge in [-0.15, -0.1) is 0 Å². The van der Waals surface area contributed by atoms with E-state index in [1.165, 1.54) is 19.2 Å². The second kappa shape index (κ2) is 6.66. The largest absolute Gasteiger partial charge is 0.545 e. The maximum atomic E-state index is 13.4. The summed E-state index contributed by atoms with van der Waals surface area (Å²) in [5.74, 6) is -2.73. The number of ether oxygens (including phenoxy) is 1. The Hall–Kier alpha value is -2.32. The van der Waals surface area contributed by atoms with Gasteiger partial charge >= 0.3 is 0 Å². The fourth-order valence-corrected chi connectivity index (χ4v) is 3.18. The van der Waals surface area contributed by atoms with Crippen molar-refractivity contribution in [3.8, 4) is 5.75 Å². The van der Waals surface area contributed by atoms with E-state index in [1.54, 1.807) is 6.92 Å². The number of aromatic carboxylic acids is 1. The van der Waals surface area contributed by atoms with Gasteiger partial charge < -0.3 is 14.6 Å². The van der Waals surface area contributed by atoms with Gasteiger partial charge in [-0.1, -0.05) is 11.6 Å². The average Bonchev–Trinajstić information content (AvgIpc) is 2.50. The Bertz CT molecular complexity index is 914. The summed E-state index contributed by atoms with van der Waals surface area (Å²) in [6.07, 6.45) is 0. The first-order valence-corrected chi connectivity index (χ1v) is 8.39. The van der Waals surface area contributed by atoms with Crippen molar-refractivity contribution in [1.29, 1.82) is 0 Å². The Morgan fingerprint density at radius 3 is 2.54 bits per heavy atom. The molecular weight excluding hydrogens is 361 g/mol. The summed E-state index contributed by atoms with van der Waals surface area (Å²) < 4.78 is 45.5. The van der Waals surface area contributed by atoms with E-state index < -0.39 is 32.3 Å². The quantitative estimate of drug-likeness (QED) is 0.865. The number of carbonyl (C=O) groups is 1. The summed E-state index contributed by atoms with van der Waals surface area (Å²) in [6.45, 7) is 1.67. The second-order valence-electron chi connectivity index (χ2n) is 4.84. The van der Waals surface area contributed by atoms with Crippen molar-refractivity contribution in [2.24, 2.45) is 0 Å². The number of anilines is 1. The summed E-state index contributed by atoms with van der Waals surface area (Å²) in [5.41, 5.74) is -0.138. The lowest BCUT2D eigenvalue weighted by Crippen LogP contribution is -2.24. The summed E-state index contributed by atoms with van der Waals surface area (Å²) in [6, 6.07) is 5.26. The molecule has 128 valence electrons. The van der Waals surface area contributed by atoms with Crippen molar-refractivity contribution >= 4 is 33.3 Å². The third-order valence-electron chi connectivity index (χ3n) is 3.19. The van der Waals surface area contributed by atoms with Crippen LogP contribution in [0.5, 0.6) is 5.75 Å². The molecule has 24 heavy (non-hydrogen) atoms. The Morgan fingerprint density at radius 1 is 1.29 bits per heavy atom. The Labute approximate surface area is 142 Å². The standard InChI is InChI=1S/C15H13ClFNO5S/c1-8-5-13(14(23-2)7-11(8)16)18-24(21,22)9-3-4-12(17)10(6-9)15(19)20/h3-7,18H,1-2H3,(H,19,20)/p-1. The zero-order chi connectivity index (χ0) is 18.1. The van der Waals surface area contributed by atoms with Gasteiger partial charge in [-0.05, 0) is 36.8 Å². The number of nitrogens with one attached hydrogen (secondary N) is 1. The molecule has 0 amide bonds. The van der Waals surface area contributed by atoms with Crippen LogP contribution in [0.15, 0.2) is 35.2 Å². The van der Waals surface area contributed by atoms with E-state index in [0.29, 0.717) is 16.7 Å². The number of methoxy groups -OCH3 is 1. The van der Waals surface area contributed by atoms with Gasteiger partial charge in [0.15, 0.2) is 0 Å². The van der Waals surface area contributed by atoms with E-state index in [9.17, 15) is 22.7 Å². The van der Waals surface area contributed by atoms with Gasteiger partial charge in [0, 0.05) is 16.7 Å². The summed E-state index contributed by atoms with van der Waals surface area (Å²) in [4.78, 5) is 10.4. The highest BCUT2D eigenvalue weighted by Crippen LogP contribution is 2.32. The fraction of sp³-hybridized carbons (Fsp3) is 0.133. The highest BCUT2D eigenvalue weighted by Gasteiger charge is 2.19. The van der Waals surface area contributed by atoms with Crippen LogP contribution in [-0.4, -0.2) is 21.5 Å². The molecule has 0 aromatic heterocycles. The Morgan fingerprint density at radius 2 is 1.96 bits per heavy atom. The van der Waals surface area contributed by atoms with Crippen molar-refractivity contribution in [2.45, 2.75) is 11.8 Å². The van der Waals surface area contributed by atoms with Gasteiger partial charge in [0.2, 0.25) is 0 Å². The van der Waals surface area contributed by atoms with Crippen LogP contribution in [0.3, 0.4) is 0 Å². The number of aryl methyl sites for hydroxylation is 1. The molecular formula is C15H12ClFNO5S-. The van der Waals surface area contributed by atoms with Crippen molar-refractivity contribution in [3.63, 3.8) is 0 Å². The van der Waals surface area contributed by atoms with Crippen molar-refractivity contribution in [1.82, 2.24) is 0 Å². The molecule has 0 aliphatic rings. The zero-order valence-corrected chi connectivity index (χ0v) is 14.2. The zero-order valence-electron chi connectivity index (χ0n) is 12.6. The first-order chi connectivity index (χ1) is 11.2. The number of halogens is 2. The van der Waals surface area contributed by atoms with Crippen LogP contribution in [0.25, 0.3) is 0 Å². The van der Waals surface area contributed by atoms with Crippen LogP contribution in [0.1, 0.15) is 15.9 Å². The molecule has 2 aromatic carbocycles. The molecule has 2 rings (SSSR count). The van der Waals surface area contributed by atoms with Crippen LogP contribution >= 0.6 is 11.6 Å². The topological polar surface area (TPSA) is 95.5 Å². The third-order valence-corrected chi connectivity index (χ3v) is 4.96. The van der Waals surface area contributed by atoms with Crippen molar-refractivity contribution < 1.29 is 27.4 Å². The summed E-state index contributed by atoms with van der Waals surface area (Å²) in [7, 11) is -2.84. The molecule has 0 fully saturated rings. The molecule has 0 radical (unpaired) electrons.